The fraction of sp³-hybridized carbons (Fsp3) is 0.562. The third-order valence-corrected chi connectivity index (χ3v) is 4.21. The van der Waals surface area contributed by atoms with Crippen LogP contribution in [0, 0.1) is 17.6 Å². The number of halogens is 2. The van der Waals surface area contributed by atoms with Gasteiger partial charge in [0.15, 0.2) is 0 Å². The van der Waals surface area contributed by atoms with E-state index in [-0.39, 0.29) is 17.9 Å². The van der Waals surface area contributed by atoms with E-state index < -0.39 is 11.6 Å². The molecule has 1 atom stereocenters. The molecule has 2 fully saturated rings. The van der Waals surface area contributed by atoms with Crippen molar-refractivity contribution in [2.75, 3.05) is 13.1 Å². The molecule has 1 unspecified atom stereocenters. The van der Waals surface area contributed by atoms with E-state index >= 15 is 0 Å². The lowest BCUT2D eigenvalue weighted by atomic mass is 10.0. The van der Waals surface area contributed by atoms with Crippen LogP contribution >= 0.6 is 0 Å². The van der Waals surface area contributed by atoms with Crippen LogP contribution in [0.4, 0.5) is 8.78 Å². The smallest absolute Gasteiger partial charge is 0.223 e. The molecule has 2 aliphatic rings. The summed E-state index contributed by atoms with van der Waals surface area (Å²) >= 11 is 0. The molecule has 1 saturated carbocycles. The van der Waals surface area contributed by atoms with Gasteiger partial charge in [-0.1, -0.05) is 6.07 Å². The molecule has 0 spiro atoms. The maximum atomic E-state index is 13.7. The maximum absolute atomic E-state index is 13.7. The molecule has 1 aliphatic carbocycles. The standard InChI is InChI=1S/C16H20F2N2O/c17-13-6-5-12(15(18)8-13)9-20-7-1-2-14(10-20)19-16(21)11-3-4-11/h5-6,8,11,14H,1-4,7,9-10H2,(H,19,21). The summed E-state index contributed by atoms with van der Waals surface area (Å²) < 4.78 is 26.6. The first-order valence-electron chi connectivity index (χ1n) is 7.58. The first kappa shape index (κ1) is 14.4. The Morgan fingerprint density at radius 1 is 1.29 bits per heavy atom. The van der Waals surface area contributed by atoms with Crippen molar-refractivity contribution in [3.63, 3.8) is 0 Å². The van der Waals surface area contributed by atoms with Crippen molar-refractivity contribution in [3.8, 4) is 0 Å². The highest BCUT2D eigenvalue weighted by atomic mass is 19.1. The van der Waals surface area contributed by atoms with Gasteiger partial charge in [0, 0.05) is 36.7 Å². The molecule has 1 aromatic carbocycles. The van der Waals surface area contributed by atoms with Gasteiger partial charge in [-0.3, -0.25) is 9.69 Å². The molecule has 5 heteroatoms. The SMILES string of the molecule is O=C(NC1CCCN(Cc2ccc(F)cc2F)C1)C1CC1. The molecular weight excluding hydrogens is 274 g/mol. The van der Waals surface area contributed by atoms with Gasteiger partial charge in [-0.15, -0.1) is 0 Å². The molecule has 1 amide bonds. The summed E-state index contributed by atoms with van der Waals surface area (Å²) in [6.07, 6.45) is 3.96. The molecule has 1 saturated heterocycles. The van der Waals surface area contributed by atoms with Gasteiger partial charge in [0.05, 0.1) is 0 Å². The third-order valence-electron chi connectivity index (χ3n) is 4.21. The van der Waals surface area contributed by atoms with Crippen molar-refractivity contribution < 1.29 is 13.6 Å². The van der Waals surface area contributed by atoms with Crippen molar-refractivity contribution in [2.45, 2.75) is 38.3 Å². The van der Waals surface area contributed by atoms with Gasteiger partial charge in [0.2, 0.25) is 5.91 Å². The van der Waals surface area contributed by atoms with E-state index in [1.54, 1.807) is 0 Å². The Bertz CT molecular complexity index is 531. The first-order chi connectivity index (χ1) is 10.1. The van der Waals surface area contributed by atoms with E-state index in [1.165, 1.54) is 12.1 Å². The van der Waals surface area contributed by atoms with E-state index in [2.05, 4.69) is 10.2 Å². The molecule has 3 nitrogen and oxygen atoms in total. The van der Waals surface area contributed by atoms with Gasteiger partial charge >= 0.3 is 0 Å². The Morgan fingerprint density at radius 2 is 2.10 bits per heavy atom. The second-order valence-corrected chi connectivity index (χ2v) is 6.09. The average molecular weight is 294 g/mol. The molecule has 3 rings (SSSR count). The predicted molar refractivity (Wildman–Crippen MR) is 75.5 cm³/mol. The summed E-state index contributed by atoms with van der Waals surface area (Å²) in [7, 11) is 0. The minimum atomic E-state index is -0.551. The largest absolute Gasteiger partial charge is 0.352 e. The summed E-state index contributed by atoms with van der Waals surface area (Å²) in [5.74, 6) is -0.673. The summed E-state index contributed by atoms with van der Waals surface area (Å²) in [6, 6.07) is 3.85. The van der Waals surface area contributed by atoms with Crippen molar-refractivity contribution in [2.24, 2.45) is 5.92 Å². The highest BCUT2D eigenvalue weighted by Gasteiger charge is 2.32. The van der Waals surface area contributed by atoms with Crippen LogP contribution in [-0.2, 0) is 11.3 Å². The number of hydrogen-bond acceptors (Lipinski definition) is 2. The topological polar surface area (TPSA) is 32.3 Å². The number of rotatable bonds is 4. The fourth-order valence-electron chi connectivity index (χ4n) is 2.87. The summed E-state index contributed by atoms with van der Waals surface area (Å²) in [5, 5.41) is 3.09. The van der Waals surface area contributed by atoms with Gasteiger partial charge in [0.1, 0.15) is 11.6 Å². The van der Waals surface area contributed by atoms with E-state index in [0.717, 1.165) is 44.8 Å². The van der Waals surface area contributed by atoms with Crippen LogP contribution in [0.1, 0.15) is 31.2 Å². The quantitative estimate of drug-likeness (QED) is 0.925. The van der Waals surface area contributed by atoms with Gasteiger partial charge in [-0.05, 0) is 38.3 Å². The zero-order valence-corrected chi connectivity index (χ0v) is 11.9. The van der Waals surface area contributed by atoms with Crippen molar-refractivity contribution in [1.29, 1.82) is 0 Å². The molecule has 0 aromatic heterocycles. The number of nitrogens with one attached hydrogen (secondary N) is 1. The lowest BCUT2D eigenvalue weighted by Gasteiger charge is -2.33. The monoisotopic (exact) mass is 294 g/mol. The van der Waals surface area contributed by atoms with Crippen LogP contribution in [0.3, 0.4) is 0 Å². The van der Waals surface area contributed by atoms with Crippen LogP contribution in [0.15, 0.2) is 18.2 Å². The van der Waals surface area contributed by atoms with Crippen LogP contribution in [-0.4, -0.2) is 29.9 Å². The zero-order valence-electron chi connectivity index (χ0n) is 11.9. The van der Waals surface area contributed by atoms with E-state index in [0.29, 0.717) is 12.1 Å². The molecule has 0 bridgehead atoms. The summed E-state index contributed by atoms with van der Waals surface area (Å²) in [6.45, 7) is 2.07. The van der Waals surface area contributed by atoms with Crippen LogP contribution in [0.2, 0.25) is 0 Å². The van der Waals surface area contributed by atoms with Crippen LogP contribution in [0.25, 0.3) is 0 Å². The molecule has 1 aromatic rings. The highest BCUT2D eigenvalue weighted by molar-refractivity contribution is 5.81. The Labute approximate surface area is 123 Å². The summed E-state index contributed by atoms with van der Waals surface area (Å²) in [4.78, 5) is 13.9. The first-order valence-corrected chi connectivity index (χ1v) is 7.58. The Kier molecular flexibility index (Phi) is 4.19. The van der Waals surface area contributed by atoms with Crippen molar-refractivity contribution in [3.05, 3.63) is 35.4 Å². The van der Waals surface area contributed by atoms with Crippen LogP contribution < -0.4 is 5.32 Å². The average Bonchev–Trinajstić information content (AvgIpc) is 3.27. The number of amides is 1. The number of benzene rings is 1. The van der Waals surface area contributed by atoms with E-state index in [1.807, 2.05) is 0 Å². The Hall–Kier alpha value is -1.49. The Balaban J connectivity index is 1.56. The molecule has 114 valence electrons. The van der Waals surface area contributed by atoms with E-state index in [9.17, 15) is 13.6 Å². The van der Waals surface area contributed by atoms with Crippen molar-refractivity contribution >= 4 is 5.91 Å². The molecule has 1 heterocycles. The molecular formula is C16H20F2N2O. The normalized spacial score (nSPS) is 23.0. The van der Waals surface area contributed by atoms with Gasteiger partial charge in [-0.25, -0.2) is 8.78 Å². The van der Waals surface area contributed by atoms with Crippen molar-refractivity contribution in [1.82, 2.24) is 10.2 Å². The Morgan fingerprint density at radius 3 is 2.81 bits per heavy atom. The zero-order chi connectivity index (χ0) is 14.8. The van der Waals surface area contributed by atoms with E-state index in [4.69, 9.17) is 0 Å². The molecule has 1 aliphatic heterocycles. The van der Waals surface area contributed by atoms with Gasteiger partial charge in [-0.2, -0.15) is 0 Å². The lowest BCUT2D eigenvalue weighted by Crippen LogP contribution is -2.47. The van der Waals surface area contributed by atoms with Crippen LogP contribution in [0.5, 0.6) is 0 Å². The van der Waals surface area contributed by atoms with Gasteiger partial charge in [0.25, 0.3) is 0 Å². The second kappa shape index (κ2) is 6.10. The maximum Gasteiger partial charge on any atom is 0.223 e. The lowest BCUT2D eigenvalue weighted by molar-refractivity contribution is -0.123. The van der Waals surface area contributed by atoms with Gasteiger partial charge < -0.3 is 5.32 Å². The number of carbonyl (C=O) groups is 1. The number of nitrogens with zero attached hydrogens (tertiary/aromatic N) is 1. The molecule has 1 N–H and O–H groups in total. The predicted octanol–water partition coefficient (Wildman–Crippen LogP) is 2.46. The minimum Gasteiger partial charge on any atom is -0.352 e. The number of piperidine rings is 1. The number of carbonyl (C=O) groups excluding carboxylic acids is 1. The fourth-order valence-corrected chi connectivity index (χ4v) is 2.87. The summed E-state index contributed by atoms with van der Waals surface area (Å²) in [5.41, 5.74) is 0.505. The third kappa shape index (κ3) is 3.79. The number of likely N-dealkylation sites (tertiary alicyclic amines) is 1. The second-order valence-electron chi connectivity index (χ2n) is 6.09. The molecule has 0 radical (unpaired) electrons. The number of hydrogen-bond donors (Lipinski definition) is 1. The molecule has 21 heavy (non-hydrogen) atoms. The highest BCUT2D eigenvalue weighted by Crippen LogP contribution is 2.29. The minimum absolute atomic E-state index is 0.148.